The first kappa shape index (κ1) is 21.5. The fourth-order valence-corrected chi connectivity index (χ4v) is 5.96. The molecule has 33 heavy (non-hydrogen) atoms. The lowest BCUT2D eigenvalue weighted by Crippen LogP contribution is -2.53. The number of piperidine rings is 1. The van der Waals surface area contributed by atoms with Crippen molar-refractivity contribution < 1.29 is 22.3 Å². The molecule has 1 aliphatic carbocycles. The van der Waals surface area contributed by atoms with Crippen LogP contribution in [0.1, 0.15) is 17.7 Å². The van der Waals surface area contributed by atoms with Crippen molar-refractivity contribution in [3.8, 4) is 5.69 Å². The van der Waals surface area contributed by atoms with Crippen molar-refractivity contribution >= 4 is 22.1 Å². The van der Waals surface area contributed by atoms with Gasteiger partial charge in [0.05, 0.1) is 30.9 Å². The van der Waals surface area contributed by atoms with Crippen LogP contribution in [0.3, 0.4) is 0 Å². The number of hydrogen-bond donors (Lipinski definition) is 0. The van der Waals surface area contributed by atoms with Crippen molar-refractivity contribution in [2.24, 2.45) is 12.5 Å². The quantitative estimate of drug-likeness (QED) is 0.527. The summed E-state index contributed by atoms with van der Waals surface area (Å²) in [6.45, 7) is 0.106. The van der Waals surface area contributed by atoms with Gasteiger partial charge in [-0.25, -0.2) is 17.5 Å². The highest BCUT2D eigenvalue weighted by atomic mass is 32.2. The maximum atomic E-state index is 13.4. The molecule has 0 N–H and O–H groups in total. The highest BCUT2D eigenvalue weighted by Crippen LogP contribution is 2.46. The Morgan fingerprint density at radius 1 is 1.24 bits per heavy atom. The van der Waals surface area contributed by atoms with Crippen molar-refractivity contribution in [2.75, 3.05) is 20.2 Å². The maximum absolute atomic E-state index is 13.4. The summed E-state index contributed by atoms with van der Waals surface area (Å²) in [6, 6.07) is 5.96. The number of rotatable bonds is 4. The summed E-state index contributed by atoms with van der Waals surface area (Å²) in [5.41, 5.74) is 1.83. The number of methoxy groups -OCH3 is 1. The monoisotopic (exact) mass is 472 g/mol. The summed E-state index contributed by atoms with van der Waals surface area (Å²) in [5, 5.41) is 11.7. The van der Waals surface area contributed by atoms with Gasteiger partial charge >= 0.3 is 5.97 Å². The molecule has 12 heteroatoms. The van der Waals surface area contributed by atoms with E-state index in [0.29, 0.717) is 12.1 Å². The summed E-state index contributed by atoms with van der Waals surface area (Å²) in [4.78, 5) is 13.1. The van der Waals surface area contributed by atoms with E-state index in [1.807, 2.05) is 6.08 Å². The van der Waals surface area contributed by atoms with E-state index in [0.717, 1.165) is 16.8 Å². The topological polar surface area (TPSA) is 112 Å². The minimum atomic E-state index is -3.94. The number of fused-ring (bicyclic) bond motifs is 2. The average molecular weight is 473 g/mol. The van der Waals surface area contributed by atoms with Gasteiger partial charge < -0.3 is 4.74 Å². The Labute approximate surface area is 189 Å². The van der Waals surface area contributed by atoms with Crippen LogP contribution in [0.25, 0.3) is 11.8 Å². The molecule has 10 nitrogen and oxygen atoms in total. The Kier molecular flexibility index (Phi) is 4.94. The van der Waals surface area contributed by atoms with Crippen LogP contribution in [0, 0.1) is 11.2 Å². The number of esters is 1. The smallest absolute Gasteiger partial charge is 0.317 e. The molecule has 5 rings (SSSR count). The van der Waals surface area contributed by atoms with Crippen LogP contribution in [0.2, 0.25) is 0 Å². The number of hydrogen-bond acceptors (Lipinski definition) is 7. The minimum Gasteiger partial charge on any atom is -0.468 e. The highest BCUT2D eigenvalue weighted by Gasteiger charge is 2.52. The van der Waals surface area contributed by atoms with Gasteiger partial charge in [0.25, 0.3) is 10.0 Å². The number of carbonyl (C=O) groups excluding carboxylic acids is 1. The van der Waals surface area contributed by atoms with E-state index >= 15 is 0 Å². The van der Waals surface area contributed by atoms with Gasteiger partial charge in [0.15, 0.2) is 0 Å². The molecule has 0 saturated carbocycles. The molecule has 0 spiro atoms. The molecule has 1 fully saturated rings. The van der Waals surface area contributed by atoms with Crippen LogP contribution in [0.5, 0.6) is 0 Å². The Morgan fingerprint density at radius 3 is 2.67 bits per heavy atom. The van der Waals surface area contributed by atoms with Crippen LogP contribution in [0.4, 0.5) is 4.39 Å². The molecule has 3 aromatic rings. The predicted octanol–water partition coefficient (Wildman–Crippen LogP) is 1.33. The molecule has 0 amide bonds. The number of halogens is 1. The van der Waals surface area contributed by atoms with Gasteiger partial charge in [-0.3, -0.25) is 9.48 Å². The van der Waals surface area contributed by atoms with Crippen LogP contribution in [-0.4, -0.2) is 63.7 Å². The molecule has 1 atom stereocenters. The third kappa shape index (κ3) is 3.37. The first-order valence-corrected chi connectivity index (χ1v) is 11.7. The zero-order chi connectivity index (χ0) is 23.4. The van der Waals surface area contributed by atoms with E-state index in [1.165, 1.54) is 34.4 Å². The van der Waals surface area contributed by atoms with E-state index in [1.54, 1.807) is 30.1 Å². The lowest BCUT2D eigenvalue weighted by Gasteiger charge is -2.43. The van der Waals surface area contributed by atoms with Crippen LogP contribution in [0.15, 0.2) is 47.3 Å². The number of aromatic nitrogens is 5. The standard InChI is InChI=1S/C21H21FN6O4S/c1-26-12-19(24-25-26)33(30,31)27-8-7-15-9-18-14(10-21(15,13-27)20(29)32-2)11-23-28(18)17-5-3-16(22)4-6-17/h3-6,9,11-12H,7-8,10,13H2,1-2H3. The predicted molar refractivity (Wildman–Crippen MR) is 114 cm³/mol. The third-order valence-corrected chi connectivity index (χ3v) is 7.92. The normalized spacial score (nSPS) is 20.6. The number of nitrogens with zero attached hydrogens (tertiary/aromatic N) is 6. The Hall–Kier alpha value is -3.38. The summed E-state index contributed by atoms with van der Waals surface area (Å²) < 4.78 is 49.1. The highest BCUT2D eigenvalue weighted by molar-refractivity contribution is 7.89. The fourth-order valence-electron chi connectivity index (χ4n) is 4.55. The number of carbonyl (C=O) groups is 1. The molecule has 0 radical (unpaired) electrons. The molecule has 172 valence electrons. The van der Waals surface area contributed by atoms with Gasteiger partial charge in [-0.05, 0) is 54.3 Å². The molecule has 1 unspecified atom stereocenters. The zero-order valence-electron chi connectivity index (χ0n) is 18.0. The van der Waals surface area contributed by atoms with Gasteiger partial charge in [0.1, 0.15) is 11.2 Å². The lowest BCUT2D eigenvalue weighted by atomic mass is 9.69. The first-order valence-electron chi connectivity index (χ1n) is 10.2. The second-order valence-electron chi connectivity index (χ2n) is 8.18. The van der Waals surface area contributed by atoms with Gasteiger partial charge in [0.2, 0.25) is 5.03 Å². The Bertz CT molecular complexity index is 1380. The van der Waals surface area contributed by atoms with Crippen LogP contribution >= 0.6 is 0 Å². The lowest BCUT2D eigenvalue weighted by molar-refractivity contribution is -0.151. The van der Waals surface area contributed by atoms with Gasteiger partial charge in [-0.15, -0.1) is 5.10 Å². The second-order valence-corrected chi connectivity index (χ2v) is 10.1. The van der Waals surface area contributed by atoms with Crippen molar-refractivity contribution in [3.05, 3.63) is 59.3 Å². The molecule has 1 aromatic carbocycles. The average Bonchev–Trinajstić information content (AvgIpc) is 3.43. The summed E-state index contributed by atoms with van der Waals surface area (Å²) in [5.74, 6) is -0.854. The largest absolute Gasteiger partial charge is 0.468 e. The Morgan fingerprint density at radius 2 is 2.00 bits per heavy atom. The minimum absolute atomic E-state index is 0.0778. The number of sulfonamides is 1. The molecule has 1 saturated heterocycles. The third-order valence-electron chi connectivity index (χ3n) is 6.21. The number of aryl methyl sites for hydroxylation is 1. The molecular weight excluding hydrogens is 451 g/mol. The van der Waals surface area contributed by atoms with E-state index < -0.39 is 21.4 Å². The second kappa shape index (κ2) is 7.59. The summed E-state index contributed by atoms with van der Waals surface area (Å²) >= 11 is 0. The van der Waals surface area contributed by atoms with Crippen LogP contribution in [-0.2, 0) is 33.0 Å². The van der Waals surface area contributed by atoms with Crippen molar-refractivity contribution in [3.63, 3.8) is 0 Å². The first-order chi connectivity index (χ1) is 15.7. The van der Waals surface area contributed by atoms with Gasteiger partial charge in [-0.1, -0.05) is 5.21 Å². The molecular formula is C21H21FN6O4S. The maximum Gasteiger partial charge on any atom is 0.317 e. The van der Waals surface area contributed by atoms with E-state index in [4.69, 9.17) is 4.74 Å². The zero-order valence-corrected chi connectivity index (χ0v) is 18.8. The molecule has 0 bridgehead atoms. The number of benzene rings is 1. The summed E-state index contributed by atoms with van der Waals surface area (Å²) in [7, 11) is -1.07. The van der Waals surface area contributed by atoms with Crippen LogP contribution < -0.4 is 0 Å². The molecule has 2 aromatic heterocycles. The van der Waals surface area contributed by atoms with E-state index in [-0.39, 0.29) is 30.4 Å². The van der Waals surface area contributed by atoms with E-state index in [2.05, 4.69) is 15.4 Å². The fraction of sp³-hybridized carbons (Fsp3) is 0.333. The number of ether oxygens (including phenoxy) is 1. The van der Waals surface area contributed by atoms with Crippen molar-refractivity contribution in [2.45, 2.75) is 17.9 Å². The molecule has 3 heterocycles. The Balaban J connectivity index is 1.55. The van der Waals surface area contributed by atoms with Crippen molar-refractivity contribution in [1.82, 2.24) is 29.1 Å². The SMILES string of the molecule is COC(=O)C12Cc3cnn(-c4ccc(F)cc4)c3C=C1CCN(S(=O)(=O)c1cn(C)nn1)C2. The van der Waals surface area contributed by atoms with Gasteiger partial charge in [-0.2, -0.15) is 9.40 Å². The molecule has 2 aliphatic rings. The summed E-state index contributed by atoms with van der Waals surface area (Å²) in [6.07, 6.45) is 5.42. The van der Waals surface area contributed by atoms with Crippen molar-refractivity contribution in [1.29, 1.82) is 0 Å². The van der Waals surface area contributed by atoms with E-state index in [9.17, 15) is 17.6 Å². The molecule has 1 aliphatic heterocycles. The van der Waals surface area contributed by atoms with Gasteiger partial charge in [0, 0.05) is 20.1 Å².